The molecule has 4 rings (SSSR count). The lowest BCUT2D eigenvalue weighted by Crippen LogP contribution is -1.98. The molecular formula is C21H14O2. The van der Waals surface area contributed by atoms with E-state index in [9.17, 15) is 4.79 Å². The summed E-state index contributed by atoms with van der Waals surface area (Å²) in [6, 6.07) is 27.6. The molecular weight excluding hydrogens is 284 g/mol. The summed E-state index contributed by atoms with van der Waals surface area (Å²) >= 11 is 0. The number of rotatable bonds is 2. The van der Waals surface area contributed by atoms with Gasteiger partial charge in [0, 0.05) is 11.5 Å². The molecule has 1 heterocycles. The van der Waals surface area contributed by atoms with Crippen molar-refractivity contribution in [2.45, 2.75) is 0 Å². The molecule has 0 spiro atoms. The summed E-state index contributed by atoms with van der Waals surface area (Å²) in [5.41, 5.74) is 4.42. The number of benzene rings is 3. The highest BCUT2D eigenvalue weighted by atomic mass is 16.4. The van der Waals surface area contributed by atoms with E-state index in [0.29, 0.717) is 5.58 Å². The molecule has 0 unspecified atom stereocenters. The highest BCUT2D eigenvalue weighted by Gasteiger charge is 2.09. The molecule has 2 nitrogen and oxygen atoms in total. The maximum absolute atomic E-state index is 11.9. The molecule has 2 heteroatoms. The van der Waals surface area contributed by atoms with E-state index in [1.165, 1.54) is 0 Å². The summed E-state index contributed by atoms with van der Waals surface area (Å²) in [7, 11) is 0. The van der Waals surface area contributed by atoms with Crippen molar-refractivity contribution >= 4 is 11.0 Å². The fourth-order valence-electron chi connectivity index (χ4n) is 2.83. The van der Waals surface area contributed by atoms with Crippen LogP contribution in [0.1, 0.15) is 0 Å². The summed E-state index contributed by atoms with van der Waals surface area (Å²) in [5, 5.41) is 0.942. The lowest BCUT2D eigenvalue weighted by Gasteiger charge is -2.08. The van der Waals surface area contributed by atoms with Gasteiger partial charge in [-0.05, 0) is 34.4 Å². The lowest BCUT2D eigenvalue weighted by molar-refractivity contribution is 0.561. The van der Waals surface area contributed by atoms with Crippen LogP contribution in [-0.2, 0) is 0 Å². The average Bonchev–Trinajstić information content (AvgIpc) is 2.62. The maximum Gasteiger partial charge on any atom is 0.336 e. The van der Waals surface area contributed by atoms with Gasteiger partial charge in [0.1, 0.15) is 5.58 Å². The SMILES string of the molecule is O=c1cc(-c2ccccc2)c2cc(-c3ccccc3)ccc2o1. The monoisotopic (exact) mass is 298 g/mol. The van der Waals surface area contributed by atoms with Gasteiger partial charge < -0.3 is 4.42 Å². The van der Waals surface area contributed by atoms with Crippen molar-refractivity contribution in [1.82, 2.24) is 0 Å². The van der Waals surface area contributed by atoms with Crippen LogP contribution < -0.4 is 5.63 Å². The molecule has 0 fully saturated rings. The Bertz CT molecular complexity index is 1020. The lowest BCUT2D eigenvalue weighted by atomic mass is 9.98. The molecule has 0 saturated heterocycles. The van der Waals surface area contributed by atoms with Crippen molar-refractivity contribution in [1.29, 1.82) is 0 Å². The first kappa shape index (κ1) is 13.5. The second-order valence-electron chi connectivity index (χ2n) is 5.42. The smallest absolute Gasteiger partial charge is 0.336 e. The highest BCUT2D eigenvalue weighted by Crippen LogP contribution is 2.30. The molecule has 110 valence electrons. The Hall–Kier alpha value is -3.13. The Morgan fingerprint density at radius 1 is 0.609 bits per heavy atom. The molecule has 0 radical (unpaired) electrons. The normalized spacial score (nSPS) is 10.8. The first-order chi connectivity index (χ1) is 11.3. The predicted molar refractivity (Wildman–Crippen MR) is 93.4 cm³/mol. The van der Waals surface area contributed by atoms with Gasteiger partial charge in [0.25, 0.3) is 0 Å². The van der Waals surface area contributed by atoms with Gasteiger partial charge in [0.15, 0.2) is 0 Å². The Morgan fingerprint density at radius 3 is 1.96 bits per heavy atom. The van der Waals surface area contributed by atoms with Crippen molar-refractivity contribution in [3.05, 3.63) is 95.3 Å². The molecule has 0 N–H and O–H groups in total. The van der Waals surface area contributed by atoms with Gasteiger partial charge in [-0.1, -0.05) is 66.7 Å². The largest absolute Gasteiger partial charge is 0.423 e. The third-order valence-corrected chi connectivity index (χ3v) is 3.93. The van der Waals surface area contributed by atoms with E-state index in [1.54, 1.807) is 6.07 Å². The van der Waals surface area contributed by atoms with Crippen LogP contribution in [-0.4, -0.2) is 0 Å². The van der Waals surface area contributed by atoms with Gasteiger partial charge in [-0.2, -0.15) is 0 Å². The van der Waals surface area contributed by atoms with Crippen molar-refractivity contribution in [2.24, 2.45) is 0 Å². The van der Waals surface area contributed by atoms with Gasteiger partial charge >= 0.3 is 5.63 Å². The Labute approximate surface area is 133 Å². The van der Waals surface area contributed by atoms with E-state index < -0.39 is 0 Å². The van der Waals surface area contributed by atoms with Gasteiger partial charge in [-0.15, -0.1) is 0 Å². The van der Waals surface area contributed by atoms with Crippen LogP contribution in [0.2, 0.25) is 0 Å². The van der Waals surface area contributed by atoms with Gasteiger partial charge in [0.2, 0.25) is 0 Å². The van der Waals surface area contributed by atoms with E-state index in [0.717, 1.165) is 27.6 Å². The maximum atomic E-state index is 11.9. The Balaban J connectivity index is 2.00. The van der Waals surface area contributed by atoms with Crippen LogP contribution in [0.4, 0.5) is 0 Å². The summed E-state index contributed by atoms with van der Waals surface area (Å²) in [5.74, 6) is 0. The van der Waals surface area contributed by atoms with Crippen LogP contribution in [0.5, 0.6) is 0 Å². The standard InChI is InChI=1S/C21H14O2/c22-21-14-18(16-9-5-2-6-10-16)19-13-17(11-12-20(19)23-21)15-7-3-1-4-8-15/h1-14H. The molecule has 3 aromatic carbocycles. The van der Waals surface area contributed by atoms with E-state index in [2.05, 4.69) is 18.2 Å². The zero-order chi connectivity index (χ0) is 15.6. The first-order valence-corrected chi connectivity index (χ1v) is 7.50. The Morgan fingerprint density at radius 2 is 1.26 bits per heavy atom. The first-order valence-electron chi connectivity index (χ1n) is 7.50. The van der Waals surface area contributed by atoms with Gasteiger partial charge in [-0.3, -0.25) is 0 Å². The number of hydrogen-bond donors (Lipinski definition) is 0. The molecule has 0 atom stereocenters. The molecule has 1 aromatic heterocycles. The third kappa shape index (κ3) is 2.55. The van der Waals surface area contributed by atoms with E-state index in [1.807, 2.05) is 60.7 Å². The quantitative estimate of drug-likeness (QED) is 0.480. The molecule has 0 bridgehead atoms. The highest BCUT2D eigenvalue weighted by molar-refractivity contribution is 5.95. The zero-order valence-electron chi connectivity index (χ0n) is 12.4. The van der Waals surface area contributed by atoms with Crippen LogP contribution in [0.15, 0.2) is 94.1 Å². The Kier molecular flexibility index (Phi) is 3.28. The molecule has 0 aliphatic carbocycles. The molecule has 4 aromatic rings. The summed E-state index contributed by atoms with van der Waals surface area (Å²) in [6.07, 6.45) is 0. The van der Waals surface area contributed by atoms with Crippen molar-refractivity contribution in [3.63, 3.8) is 0 Å². The summed E-state index contributed by atoms with van der Waals surface area (Å²) < 4.78 is 5.36. The van der Waals surface area contributed by atoms with E-state index in [4.69, 9.17) is 4.42 Å². The molecule has 0 aliphatic heterocycles. The van der Waals surface area contributed by atoms with Gasteiger partial charge in [-0.25, -0.2) is 4.79 Å². The van der Waals surface area contributed by atoms with Crippen molar-refractivity contribution < 1.29 is 4.42 Å². The minimum absolute atomic E-state index is 0.330. The predicted octanol–water partition coefficient (Wildman–Crippen LogP) is 5.13. The minimum atomic E-state index is -0.330. The van der Waals surface area contributed by atoms with E-state index in [-0.39, 0.29) is 5.63 Å². The topological polar surface area (TPSA) is 30.2 Å². The second-order valence-corrected chi connectivity index (χ2v) is 5.42. The molecule has 23 heavy (non-hydrogen) atoms. The fraction of sp³-hybridized carbons (Fsp3) is 0. The zero-order valence-corrected chi connectivity index (χ0v) is 12.4. The van der Waals surface area contributed by atoms with Crippen LogP contribution in [0.25, 0.3) is 33.2 Å². The van der Waals surface area contributed by atoms with Crippen molar-refractivity contribution in [2.75, 3.05) is 0 Å². The number of fused-ring (bicyclic) bond motifs is 1. The molecule has 0 aliphatic rings. The summed E-state index contributed by atoms with van der Waals surface area (Å²) in [6.45, 7) is 0. The minimum Gasteiger partial charge on any atom is -0.423 e. The second kappa shape index (κ2) is 5.58. The molecule has 0 amide bonds. The average molecular weight is 298 g/mol. The fourth-order valence-corrected chi connectivity index (χ4v) is 2.83. The molecule has 0 saturated carbocycles. The van der Waals surface area contributed by atoms with Crippen LogP contribution >= 0.6 is 0 Å². The van der Waals surface area contributed by atoms with E-state index >= 15 is 0 Å². The van der Waals surface area contributed by atoms with Crippen LogP contribution in [0, 0.1) is 0 Å². The number of hydrogen-bond acceptors (Lipinski definition) is 2. The van der Waals surface area contributed by atoms with Gasteiger partial charge in [0.05, 0.1) is 0 Å². The van der Waals surface area contributed by atoms with Crippen LogP contribution in [0.3, 0.4) is 0 Å². The van der Waals surface area contributed by atoms with Crippen molar-refractivity contribution in [3.8, 4) is 22.3 Å². The third-order valence-electron chi connectivity index (χ3n) is 3.93. The summed E-state index contributed by atoms with van der Waals surface area (Å²) in [4.78, 5) is 11.9.